The molecule has 0 unspecified atom stereocenters. The van der Waals surface area contributed by atoms with Crippen LogP contribution in [0.2, 0.25) is 5.02 Å². The number of aliphatic hydroxyl groups is 1. The van der Waals surface area contributed by atoms with Crippen LogP contribution in [0, 0.1) is 0 Å². The lowest BCUT2D eigenvalue weighted by atomic mass is 10.1. The molecule has 0 spiro atoms. The van der Waals surface area contributed by atoms with E-state index in [4.69, 9.17) is 36.9 Å². The molecule has 0 aliphatic heterocycles. The Hall–Kier alpha value is -0.430. The highest BCUT2D eigenvalue weighted by molar-refractivity contribution is 7.72. The second-order valence-electron chi connectivity index (χ2n) is 4.96. The van der Waals surface area contributed by atoms with Gasteiger partial charge >= 0.3 is 15.2 Å². The van der Waals surface area contributed by atoms with Crippen molar-refractivity contribution >= 4 is 32.5 Å². The van der Waals surface area contributed by atoms with Crippen molar-refractivity contribution in [3.05, 3.63) is 28.8 Å². The molecule has 7 N–H and O–H groups in total. The first-order chi connectivity index (χ1) is 9.87. The van der Waals surface area contributed by atoms with E-state index in [9.17, 15) is 14.2 Å². The maximum Gasteiger partial charge on any atom is 0.369 e. The molecular formula is C11H18ClNO7P2. The van der Waals surface area contributed by atoms with Gasteiger partial charge < -0.3 is 30.4 Å². The molecule has 1 rings (SSSR count). The zero-order chi connectivity index (χ0) is 17.2. The Balaban J connectivity index is 2.69. The summed E-state index contributed by atoms with van der Waals surface area (Å²) >= 11 is 5.83. The monoisotopic (exact) mass is 373 g/mol. The zero-order valence-electron chi connectivity index (χ0n) is 11.5. The Labute approximate surface area is 132 Å². The predicted molar refractivity (Wildman–Crippen MR) is 82.5 cm³/mol. The van der Waals surface area contributed by atoms with E-state index in [1.54, 1.807) is 18.2 Å². The molecule has 0 radical (unpaired) electrons. The predicted octanol–water partition coefficient (Wildman–Crippen LogP) is 1.64. The van der Waals surface area contributed by atoms with Crippen LogP contribution in [-0.2, 0) is 15.6 Å². The third-order valence-electron chi connectivity index (χ3n) is 3.14. The topological polar surface area (TPSA) is 161 Å². The van der Waals surface area contributed by atoms with E-state index in [1.165, 1.54) is 0 Å². The van der Waals surface area contributed by atoms with E-state index in [2.05, 4.69) is 0 Å². The standard InChI is InChI=1S/C11H18ClNO7P2/c12-9-5-8(6-10(13)7-9)3-1-2-4-11(14,21(15,16)17)22(18,19)20/h5-7,14H,1-4,13H2,(H2,15,16,17)(H2,18,19,20). The summed E-state index contributed by atoms with van der Waals surface area (Å²) in [5, 5.41) is 6.79. The van der Waals surface area contributed by atoms with Gasteiger partial charge in [-0.25, -0.2) is 0 Å². The molecule has 0 bridgehead atoms. The molecule has 1 aromatic carbocycles. The fraction of sp³-hybridized carbons (Fsp3) is 0.455. The van der Waals surface area contributed by atoms with Crippen LogP contribution >= 0.6 is 26.8 Å². The van der Waals surface area contributed by atoms with Crippen LogP contribution in [0.25, 0.3) is 0 Å². The third-order valence-corrected chi connectivity index (χ3v) is 7.24. The number of aryl methyl sites for hydroxylation is 1. The van der Waals surface area contributed by atoms with Crippen LogP contribution in [0.15, 0.2) is 18.2 Å². The highest BCUT2D eigenvalue weighted by atomic mass is 35.5. The van der Waals surface area contributed by atoms with Crippen molar-refractivity contribution < 1.29 is 33.8 Å². The first-order valence-electron chi connectivity index (χ1n) is 6.25. The Morgan fingerprint density at radius 3 is 2.05 bits per heavy atom. The summed E-state index contributed by atoms with van der Waals surface area (Å²) in [5.74, 6) is 0. The highest BCUT2D eigenvalue weighted by Crippen LogP contribution is 2.69. The Bertz CT molecular complexity index is 585. The lowest BCUT2D eigenvalue weighted by Crippen LogP contribution is -2.28. The molecule has 22 heavy (non-hydrogen) atoms. The number of benzene rings is 1. The summed E-state index contributed by atoms with van der Waals surface area (Å²) in [5.41, 5.74) is 6.86. The largest absolute Gasteiger partial charge is 0.399 e. The van der Waals surface area contributed by atoms with Crippen molar-refractivity contribution in [2.24, 2.45) is 0 Å². The number of halogens is 1. The highest BCUT2D eigenvalue weighted by Gasteiger charge is 2.58. The molecule has 1 aromatic rings. The van der Waals surface area contributed by atoms with Gasteiger partial charge in [-0.3, -0.25) is 9.13 Å². The van der Waals surface area contributed by atoms with Crippen LogP contribution in [0.5, 0.6) is 0 Å². The minimum Gasteiger partial charge on any atom is -0.399 e. The van der Waals surface area contributed by atoms with Crippen molar-refractivity contribution in [1.82, 2.24) is 0 Å². The summed E-state index contributed by atoms with van der Waals surface area (Å²) in [6, 6.07) is 4.89. The quantitative estimate of drug-likeness (QED) is 0.239. The Morgan fingerprint density at radius 2 is 1.59 bits per heavy atom. The van der Waals surface area contributed by atoms with E-state index in [-0.39, 0.29) is 6.42 Å². The van der Waals surface area contributed by atoms with Gasteiger partial charge in [-0.05, 0) is 49.4 Å². The first kappa shape index (κ1) is 19.6. The molecule has 0 aliphatic rings. The van der Waals surface area contributed by atoms with Crippen LogP contribution in [0.1, 0.15) is 24.8 Å². The first-order valence-corrected chi connectivity index (χ1v) is 9.86. The molecule has 8 nitrogen and oxygen atoms in total. The van der Waals surface area contributed by atoms with E-state index >= 15 is 0 Å². The van der Waals surface area contributed by atoms with Crippen molar-refractivity contribution in [1.29, 1.82) is 0 Å². The lowest BCUT2D eigenvalue weighted by molar-refractivity contribution is 0.120. The summed E-state index contributed by atoms with van der Waals surface area (Å²) in [7, 11) is -10.8. The molecule has 0 saturated heterocycles. The Morgan fingerprint density at radius 1 is 1.05 bits per heavy atom. The molecule has 0 aromatic heterocycles. The van der Waals surface area contributed by atoms with Crippen molar-refractivity contribution in [3.8, 4) is 0 Å². The van der Waals surface area contributed by atoms with Gasteiger partial charge in [-0.1, -0.05) is 11.6 Å². The van der Waals surface area contributed by atoms with E-state index in [0.29, 0.717) is 23.6 Å². The van der Waals surface area contributed by atoms with Crippen LogP contribution in [0.4, 0.5) is 5.69 Å². The average molecular weight is 374 g/mol. The molecule has 11 heteroatoms. The van der Waals surface area contributed by atoms with Gasteiger partial charge in [0.15, 0.2) is 0 Å². The zero-order valence-corrected chi connectivity index (χ0v) is 14.0. The van der Waals surface area contributed by atoms with Crippen molar-refractivity contribution in [2.75, 3.05) is 5.73 Å². The van der Waals surface area contributed by atoms with Gasteiger partial charge in [-0.2, -0.15) is 0 Å². The van der Waals surface area contributed by atoms with Gasteiger partial charge in [0.1, 0.15) is 0 Å². The number of nitrogen functional groups attached to an aromatic ring is 1. The number of hydrogen-bond acceptors (Lipinski definition) is 4. The number of hydrogen-bond donors (Lipinski definition) is 6. The summed E-state index contributed by atoms with van der Waals surface area (Å²) in [6.45, 7) is 0. The summed E-state index contributed by atoms with van der Waals surface area (Å²) in [6.07, 6.45) is 0.0436. The fourth-order valence-corrected chi connectivity index (χ4v) is 4.49. The fourth-order valence-electron chi connectivity index (χ4n) is 1.97. The molecule has 0 heterocycles. The number of nitrogens with two attached hydrogens (primary N) is 1. The second kappa shape index (κ2) is 6.99. The van der Waals surface area contributed by atoms with E-state index in [0.717, 1.165) is 5.56 Å². The third kappa shape index (κ3) is 4.78. The van der Waals surface area contributed by atoms with E-state index < -0.39 is 26.7 Å². The molecule has 0 aliphatic carbocycles. The van der Waals surface area contributed by atoms with Crippen LogP contribution in [0.3, 0.4) is 0 Å². The average Bonchev–Trinajstić information content (AvgIpc) is 2.30. The number of rotatable bonds is 7. The van der Waals surface area contributed by atoms with Gasteiger partial charge in [0.05, 0.1) is 0 Å². The minimum atomic E-state index is -5.39. The van der Waals surface area contributed by atoms with Gasteiger partial charge in [0.25, 0.3) is 5.08 Å². The van der Waals surface area contributed by atoms with Gasteiger partial charge in [-0.15, -0.1) is 0 Å². The summed E-state index contributed by atoms with van der Waals surface area (Å²) < 4.78 is 22.3. The maximum atomic E-state index is 11.2. The molecule has 0 fully saturated rings. The number of anilines is 1. The molecule has 126 valence electrons. The van der Waals surface area contributed by atoms with Crippen LogP contribution in [-0.4, -0.2) is 29.8 Å². The molecule has 0 amide bonds. The minimum absolute atomic E-state index is 0.000855. The maximum absolute atomic E-state index is 11.2. The molecule has 0 saturated carbocycles. The van der Waals surface area contributed by atoms with Gasteiger partial charge in [0, 0.05) is 10.7 Å². The number of unbranched alkanes of at least 4 members (excludes halogenated alkanes) is 1. The lowest BCUT2D eigenvalue weighted by Gasteiger charge is -2.29. The smallest absolute Gasteiger partial charge is 0.369 e. The van der Waals surface area contributed by atoms with Gasteiger partial charge in [0.2, 0.25) is 0 Å². The van der Waals surface area contributed by atoms with Crippen molar-refractivity contribution in [2.45, 2.75) is 30.8 Å². The molecular weight excluding hydrogens is 356 g/mol. The van der Waals surface area contributed by atoms with E-state index in [1.807, 2.05) is 0 Å². The second-order valence-corrected chi connectivity index (χ2v) is 9.41. The molecule has 0 atom stereocenters. The Kier molecular flexibility index (Phi) is 6.23. The van der Waals surface area contributed by atoms with Crippen molar-refractivity contribution in [3.63, 3.8) is 0 Å². The van der Waals surface area contributed by atoms with Crippen LogP contribution < -0.4 is 5.73 Å². The summed E-state index contributed by atoms with van der Waals surface area (Å²) in [4.78, 5) is 36.0. The SMILES string of the molecule is Nc1cc(Cl)cc(CCCCC(O)(P(=O)(O)O)P(=O)(O)O)c1. The normalized spacial score (nSPS) is 13.4.